The lowest BCUT2D eigenvalue weighted by atomic mass is 9.72. The summed E-state index contributed by atoms with van der Waals surface area (Å²) in [5, 5.41) is 0. The highest BCUT2D eigenvalue weighted by atomic mass is 19.1. The van der Waals surface area contributed by atoms with Gasteiger partial charge in [0.25, 0.3) is 5.91 Å². The third kappa shape index (κ3) is 3.11. The number of likely N-dealkylation sites (tertiary alicyclic amines) is 1. The van der Waals surface area contributed by atoms with Crippen molar-refractivity contribution < 1.29 is 18.4 Å². The van der Waals surface area contributed by atoms with Crippen LogP contribution < -0.4 is 4.90 Å². The largest absolute Gasteiger partial charge is 0.448 e. The first-order valence-electron chi connectivity index (χ1n) is 9.27. The topological polar surface area (TPSA) is 66.7 Å². The monoisotopic (exact) mass is 371 g/mol. The second kappa shape index (κ2) is 6.79. The number of piperidine rings is 2. The van der Waals surface area contributed by atoms with Crippen LogP contribution in [0.15, 0.2) is 35.1 Å². The summed E-state index contributed by atoms with van der Waals surface area (Å²) in [6.07, 6.45) is 4.40. The second-order valence-corrected chi connectivity index (χ2v) is 7.40. The average molecular weight is 371 g/mol. The molecule has 7 heteroatoms. The standard InChI is InChI=1S/C20H22FN3O3/c1-14-17(22-13-27-14)18(25)23-10-2-8-20(12-23)9-3-11-24(19(20)26)16-6-4-15(21)5-7-16/h4-7,13H,2-3,8-12H2,1H3. The van der Waals surface area contributed by atoms with Gasteiger partial charge in [0.15, 0.2) is 12.1 Å². The van der Waals surface area contributed by atoms with Crippen molar-refractivity contribution >= 4 is 17.5 Å². The first kappa shape index (κ1) is 17.7. The number of hydrogen-bond donors (Lipinski definition) is 0. The Hall–Kier alpha value is -2.70. The van der Waals surface area contributed by atoms with Gasteiger partial charge in [-0.15, -0.1) is 0 Å². The summed E-state index contributed by atoms with van der Waals surface area (Å²) in [5.41, 5.74) is 0.431. The molecule has 2 aromatic rings. The van der Waals surface area contributed by atoms with Crippen molar-refractivity contribution in [2.45, 2.75) is 32.6 Å². The number of aryl methyl sites for hydroxylation is 1. The Labute approximate surface area is 157 Å². The van der Waals surface area contributed by atoms with Crippen LogP contribution in [0.1, 0.15) is 41.9 Å². The first-order chi connectivity index (χ1) is 13.0. The van der Waals surface area contributed by atoms with Crippen LogP contribution in [-0.2, 0) is 4.79 Å². The van der Waals surface area contributed by atoms with Gasteiger partial charge in [-0.1, -0.05) is 0 Å². The van der Waals surface area contributed by atoms with Crippen LogP contribution in [0, 0.1) is 18.2 Å². The Kier molecular flexibility index (Phi) is 4.45. The lowest BCUT2D eigenvalue weighted by Crippen LogP contribution is -2.57. The van der Waals surface area contributed by atoms with E-state index in [1.54, 1.807) is 28.9 Å². The lowest BCUT2D eigenvalue weighted by Gasteiger charge is -2.47. The molecule has 1 unspecified atom stereocenters. The van der Waals surface area contributed by atoms with Crippen LogP contribution in [0.2, 0.25) is 0 Å². The van der Waals surface area contributed by atoms with Gasteiger partial charge in [0.2, 0.25) is 5.91 Å². The molecule has 3 heterocycles. The fraction of sp³-hybridized carbons (Fsp3) is 0.450. The second-order valence-electron chi connectivity index (χ2n) is 7.40. The third-order valence-corrected chi connectivity index (χ3v) is 5.69. The molecule has 0 N–H and O–H groups in total. The molecule has 6 nitrogen and oxygen atoms in total. The number of aromatic nitrogens is 1. The van der Waals surface area contributed by atoms with Crippen molar-refractivity contribution in [1.29, 1.82) is 0 Å². The normalized spacial score (nSPS) is 23.1. The van der Waals surface area contributed by atoms with Gasteiger partial charge in [-0.2, -0.15) is 0 Å². The van der Waals surface area contributed by atoms with Crippen LogP contribution in [0.3, 0.4) is 0 Å². The molecule has 0 aliphatic carbocycles. The van der Waals surface area contributed by atoms with Crippen LogP contribution in [0.4, 0.5) is 10.1 Å². The minimum atomic E-state index is -0.585. The zero-order chi connectivity index (χ0) is 19.0. The highest BCUT2D eigenvalue weighted by Crippen LogP contribution is 2.41. The van der Waals surface area contributed by atoms with Gasteiger partial charge in [-0.25, -0.2) is 9.37 Å². The number of carbonyl (C=O) groups excluding carboxylic acids is 2. The maximum atomic E-state index is 13.4. The van der Waals surface area contributed by atoms with Gasteiger partial charge in [0.05, 0.1) is 5.41 Å². The fourth-order valence-electron chi connectivity index (χ4n) is 4.28. The number of amides is 2. The van der Waals surface area contributed by atoms with Crippen molar-refractivity contribution in [3.8, 4) is 0 Å². The maximum absolute atomic E-state index is 13.4. The SMILES string of the molecule is Cc1ocnc1C(=O)N1CCCC2(CCCN(c3ccc(F)cc3)C2=O)C1. The minimum Gasteiger partial charge on any atom is -0.448 e. The molecule has 0 bridgehead atoms. The van der Waals surface area contributed by atoms with E-state index in [1.807, 2.05) is 0 Å². The number of benzene rings is 1. The Morgan fingerprint density at radius 2 is 1.89 bits per heavy atom. The van der Waals surface area contributed by atoms with E-state index in [9.17, 15) is 14.0 Å². The highest BCUT2D eigenvalue weighted by molar-refractivity contribution is 5.99. The molecule has 1 aromatic carbocycles. The smallest absolute Gasteiger partial charge is 0.276 e. The molecule has 2 fully saturated rings. The summed E-state index contributed by atoms with van der Waals surface area (Å²) >= 11 is 0. The molecule has 1 aromatic heterocycles. The summed E-state index contributed by atoms with van der Waals surface area (Å²) in [4.78, 5) is 33.7. The zero-order valence-electron chi connectivity index (χ0n) is 15.3. The number of rotatable bonds is 2. The van der Waals surface area contributed by atoms with Crippen LogP contribution in [0.25, 0.3) is 0 Å². The molecule has 0 radical (unpaired) electrons. The first-order valence-corrected chi connectivity index (χ1v) is 9.27. The number of hydrogen-bond acceptors (Lipinski definition) is 4. The van der Waals surface area contributed by atoms with E-state index in [4.69, 9.17) is 4.42 Å². The van der Waals surface area contributed by atoms with Crippen LogP contribution >= 0.6 is 0 Å². The maximum Gasteiger partial charge on any atom is 0.276 e. The molecule has 2 amide bonds. The van der Waals surface area contributed by atoms with Crippen molar-refractivity contribution in [3.63, 3.8) is 0 Å². The molecule has 4 rings (SSSR count). The molecule has 2 aliphatic rings. The van der Waals surface area contributed by atoms with Crippen LogP contribution in [0.5, 0.6) is 0 Å². The van der Waals surface area contributed by atoms with E-state index in [0.717, 1.165) is 25.7 Å². The Morgan fingerprint density at radius 1 is 1.19 bits per heavy atom. The molecule has 2 saturated heterocycles. The summed E-state index contributed by atoms with van der Waals surface area (Å²) in [6, 6.07) is 6.01. The van der Waals surface area contributed by atoms with E-state index in [2.05, 4.69) is 4.98 Å². The summed E-state index contributed by atoms with van der Waals surface area (Å²) in [5.74, 6) is -0.000335. The predicted molar refractivity (Wildman–Crippen MR) is 96.8 cm³/mol. The van der Waals surface area contributed by atoms with E-state index in [1.165, 1.54) is 18.5 Å². The summed E-state index contributed by atoms with van der Waals surface area (Å²) in [6.45, 7) is 3.32. The number of anilines is 1. The fourth-order valence-corrected chi connectivity index (χ4v) is 4.28. The summed E-state index contributed by atoms with van der Waals surface area (Å²) < 4.78 is 18.4. The number of nitrogens with zero attached hydrogens (tertiary/aromatic N) is 3. The number of carbonyl (C=O) groups is 2. The van der Waals surface area contributed by atoms with E-state index >= 15 is 0 Å². The van der Waals surface area contributed by atoms with Crippen molar-refractivity contribution in [1.82, 2.24) is 9.88 Å². The molecule has 0 saturated carbocycles. The van der Waals surface area contributed by atoms with Gasteiger partial charge in [-0.3, -0.25) is 9.59 Å². The molecular weight excluding hydrogens is 349 g/mol. The van der Waals surface area contributed by atoms with Gasteiger partial charge in [-0.05, 0) is 56.9 Å². The minimum absolute atomic E-state index is 0.0229. The lowest BCUT2D eigenvalue weighted by molar-refractivity contribution is -0.133. The highest BCUT2D eigenvalue weighted by Gasteiger charge is 2.48. The Bertz CT molecular complexity index is 860. The average Bonchev–Trinajstić information content (AvgIpc) is 3.10. The van der Waals surface area contributed by atoms with Crippen molar-refractivity contribution in [2.24, 2.45) is 5.41 Å². The molecular formula is C20H22FN3O3. The van der Waals surface area contributed by atoms with Gasteiger partial charge in [0, 0.05) is 25.3 Å². The van der Waals surface area contributed by atoms with Gasteiger partial charge < -0.3 is 14.2 Å². The predicted octanol–water partition coefficient (Wildman–Crippen LogP) is 3.17. The van der Waals surface area contributed by atoms with E-state index in [0.29, 0.717) is 36.8 Å². The van der Waals surface area contributed by atoms with Gasteiger partial charge >= 0.3 is 0 Å². The Morgan fingerprint density at radius 3 is 2.56 bits per heavy atom. The van der Waals surface area contributed by atoms with Crippen molar-refractivity contribution in [2.75, 3.05) is 24.5 Å². The van der Waals surface area contributed by atoms with E-state index < -0.39 is 5.41 Å². The quantitative estimate of drug-likeness (QED) is 0.813. The van der Waals surface area contributed by atoms with Crippen molar-refractivity contribution in [3.05, 3.63) is 47.9 Å². The molecule has 2 aliphatic heterocycles. The molecule has 1 atom stereocenters. The number of oxazole rings is 1. The van der Waals surface area contributed by atoms with Gasteiger partial charge in [0.1, 0.15) is 11.6 Å². The molecule has 142 valence electrons. The zero-order valence-corrected chi connectivity index (χ0v) is 15.3. The summed E-state index contributed by atoms with van der Waals surface area (Å²) in [7, 11) is 0. The van der Waals surface area contributed by atoms with Crippen LogP contribution in [-0.4, -0.2) is 41.3 Å². The number of halogens is 1. The third-order valence-electron chi connectivity index (χ3n) is 5.69. The molecule has 27 heavy (non-hydrogen) atoms. The Balaban J connectivity index is 1.58. The van der Waals surface area contributed by atoms with E-state index in [-0.39, 0.29) is 17.6 Å². The molecule has 1 spiro atoms.